The molecule has 0 radical (unpaired) electrons. The molecule has 0 fully saturated rings. The summed E-state index contributed by atoms with van der Waals surface area (Å²) < 4.78 is 10.3. The largest absolute Gasteiger partial charge is 0.519 e. The topological polar surface area (TPSA) is 43.4 Å². The van der Waals surface area contributed by atoms with E-state index < -0.39 is 5.82 Å². The average Bonchev–Trinajstić information content (AvgIpc) is 2.72. The minimum atomic E-state index is -0.614. The summed E-state index contributed by atoms with van der Waals surface area (Å²) in [6, 6.07) is 7.90. The monoisotopic (exact) mass is 246 g/mol. The molecule has 96 valence electrons. The molecule has 1 aromatic heterocycles. The van der Waals surface area contributed by atoms with Gasteiger partial charge in [-0.05, 0) is 13.3 Å². The molecule has 0 bridgehead atoms. The summed E-state index contributed by atoms with van der Waals surface area (Å²) in [4.78, 5) is 11.3. The number of aryl methyl sites for hydroxylation is 2. The molecule has 1 aromatic carbocycles. The molecule has 0 unspecified atom stereocenters. The van der Waals surface area contributed by atoms with Crippen LogP contribution < -0.4 is 5.82 Å². The fraction of sp³-hybridized carbons (Fsp3) is 0.400. The van der Waals surface area contributed by atoms with Crippen molar-refractivity contribution in [2.24, 2.45) is 0 Å². The van der Waals surface area contributed by atoms with Crippen LogP contribution in [-0.2, 0) is 6.42 Å². The van der Waals surface area contributed by atoms with E-state index in [1.807, 2.05) is 31.2 Å². The average molecular weight is 246 g/mol. The Balaban J connectivity index is 2.26. The van der Waals surface area contributed by atoms with Gasteiger partial charge in [-0.3, -0.25) is 0 Å². The Morgan fingerprint density at radius 2 is 1.78 bits per heavy atom. The Labute approximate surface area is 106 Å². The quantitative estimate of drug-likeness (QED) is 0.750. The highest BCUT2D eigenvalue weighted by Gasteiger charge is 2.14. The van der Waals surface area contributed by atoms with Crippen LogP contribution >= 0.6 is 0 Å². The van der Waals surface area contributed by atoms with E-state index in [9.17, 15) is 4.79 Å². The van der Waals surface area contributed by atoms with Crippen LogP contribution in [0.1, 0.15) is 37.5 Å². The Bertz CT molecular complexity index is 546. The van der Waals surface area contributed by atoms with Gasteiger partial charge in [0.1, 0.15) is 0 Å². The molecule has 0 saturated carbocycles. The van der Waals surface area contributed by atoms with Crippen LogP contribution in [0.2, 0.25) is 0 Å². The van der Waals surface area contributed by atoms with Crippen molar-refractivity contribution in [1.82, 2.24) is 0 Å². The molecule has 2 aromatic rings. The molecule has 18 heavy (non-hydrogen) atoms. The maximum Gasteiger partial charge on any atom is 0.519 e. The molecule has 0 amide bonds. The van der Waals surface area contributed by atoms with Crippen molar-refractivity contribution in [3.05, 3.63) is 46.2 Å². The molecule has 0 saturated heterocycles. The number of rotatable bonds is 5. The summed E-state index contributed by atoms with van der Waals surface area (Å²) in [6.45, 7) is 4.17. The molecule has 3 heteroatoms. The first kappa shape index (κ1) is 12.7. The van der Waals surface area contributed by atoms with Crippen molar-refractivity contribution < 1.29 is 8.83 Å². The smallest absolute Gasteiger partial charge is 0.395 e. The zero-order chi connectivity index (χ0) is 13.0. The van der Waals surface area contributed by atoms with E-state index in [1.165, 1.54) is 5.56 Å². The second kappa shape index (κ2) is 5.71. The van der Waals surface area contributed by atoms with Crippen LogP contribution in [0.4, 0.5) is 0 Å². The Morgan fingerprint density at radius 1 is 1.06 bits per heavy atom. The summed E-state index contributed by atoms with van der Waals surface area (Å²) >= 11 is 0. The SMILES string of the molecule is CCCCCc1oc(=O)oc1-c1ccc(C)cc1. The summed E-state index contributed by atoms with van der Waals surface area (Å²) in [7, 11) is 0. The van der Waals surface area contributed by atoms with Gasteiger partial charge in [-0.15, -0.1) is 0 Å². The lowest BCUT2D eigenvalue weighted by molar-refractivity contribution is 0.374. The maximum absolute atomic E-state index is 11.3. The zero-order valence-electron chi connectivity index (χ0n) is 10.9. The minimum absolute atomic E-state index is 0.580. The van der Waals surface area contributed by atoms with E-state index in [1.54, 1.807) is 0 Å². The van der Waals surface area contributed by atoms with E-state index in [-0.39, 0.29) is 0 Å². The molecule has 3 nitrogen and oxygen atoms in total. The number of benzene rings is 1. The van der Waals surface area contributed by atoms with Crippen LogP contribution in [0.15, 0.2) is 37.9 Å². The number of hydrogen-bond donors (Lipinski definition) is 0. The molecule has 0 atom stereocenters. The zero-order valence-corrected chi connectivity index (χ0v) is 10.9. The summed E-state index contributed by atoms with van der Waals surface area (Å²) in [5, 5.41) is 0. The fourth-order valence-corrected chi connectivity index (χ4v) is 1.93. The standard InChI is InChI=1S/C15H18O3/c1-3-4-5-6-13-14(18-15(16)17-13)12-9-7-11(2)8-10-12/h7-10H,3-6H2,1-2H3. The summed E-state index contributed by atoms with van der Waals surface area (Å²) in [6.07, 6.45) is 4.03. The first-order valence-corrected chi connectivity index (χ1v) is 6.40. The van der Waals surface area contributed by atoms with Gasteiger partial charge in [0, 0.05) is 12.0 Å². The van der Waals surface area contributed by atoms with Gasteiger partial charge < -0.3 is 8.83 Å². The second-order valence-electron chi connectivity index (χ2n) is 4.53. The highest BCUT2D eigenvalue weighted by molar-refractivity contribution is 5.59. The second-order valence-corrected chi connectivity index (χ2v) is 4.53. The predicted molar refractivity (Wildman–Crippen MR) is 70.6 cm³/mol. The lowest BCUT2D eigenvalue weighted by Gasteiger charge is -2.00. The molecule has 0 N–H and O–H groups in total. The molecule has 0 spiro atoms. The van der Waals surface area contributed by atoms with Crippen LogP contribution in [0.3, 0.4) is 0 Å². The third-order valence-corrected chi connectivity index (χ3v) is 2.97. The van der Waals surface area contributed by atoms with Gasteiger partial charge in [0.2, 0.25) is 0 Å². The van der Waals surface area contributed by atoms with Crippen LogP contribution in [0, 0.1) is 6.92 Å². The van der Waals surface area contributed by atoms with E-state index in [0.29, 0.717) is 11.5 Å². The van der Waals surface area contributed by atoms with Gasteiger partial charge in [0.05, 0.1) is 0 Å². The molecular formula is C15H18O3. The molecule has 0 aliphatic rings. The van der Waals surface area contributed by atoms with Crippen molar-refractivity contribution in [2.45, 2.75) is 39.5 Å². The highest BCUT2D eigenvalue weighted by Crippen LogP contribution is 2.24. The lowest BCUT2D eigenvalue weighted by atomic mass is 10.1. The van der Waals surface area contributed by atoms with Gasteiger partial charge >= 0.3 is 5.82 Å². The highest BCUT2D eigenvalue weighted by atomic mass is 16.6. The van der Waals surface area contributed by atoms with Crippen molar-refractivity contribution in [1.29, 1.82) is 0 Å². The van der Waals surface area contributed by atoms with E-state index in [2.05, 4.69) is 6.92 Å². The van der Waals surface area contributed by atoms with Gasteiger partial charge in [0.15, 0.2) is 11.5 Å². The van der Waals surface area contributed by atoms with E-state index in [0.717, 1.165) is 31.2 Å². The summed E-state index contributed by atoms with van der Waals surface area (Å²) in [5.41, 5.74) is 2.08. The van der Waals surface area contributed by atoms with Crippen molar-refractivity contribution in [3.8, 4) is 11.3 Å². The van der Waals surface area contributed by atoms with E-state index in [4.69, 9.17) is 8.83 Å². The Morgan fingerprint density at radius 3 is 2.44 bits per heavy atom. The normalized spacial score (nSPS) is 10.8. The van der Waals surface area contributed by atoms with Gasteiger partial charge in [-0.2, -0.15) is 0 Å². The Kier molecular flexibility index (Phi) is 4.03. The van der Waals surface area contributed by atoms with Crippen molar-refractivity contribution in [2.75, 3.05) is 0 Å². The molecular weight excluding hydrogens is 228 g/mol. The van der Waals surface area contributed by atoms with Gasteiger partial charge in [-0.25, -0.2) is 4.79 Å². The fourth-order valence-electron chi connectivity index (χ4n) is 1.93. The third-order valence-electron chi connectivity index (χ3n) is 2.97. The number of hydrogen-bond acceptors (Lipinski definition) is 3. The lowest BCUT2D eigenvalue weighted by Crippen LogP contribution is -1.88. The van der Waals surface area contributed by atoms with Crippen LogP contribution in [0.25, 0.3) is 11.3 Å². The first-order valence-electron chi connectivity index (χ1n) is 6.40. The van der Waals surface area contributed by atoms with Gasteiger partial charge in [-0.1, -0.05) is 49.6 Å². The molecule has 1 heterocycles. The minimum Gasteiger partial charge on any atom is -0.395 e. The van der Waals surface area contributed by atoms with E-state index >= 15 is 0 Å². The summed E-state index contributed by atoms with van der Waals surface area (Å²) in [5.74, 6) is 0.630. The maximum atomic E-state index is 11.3. The van der Waals surface area contributed by atoms with Crippen molar-refractivity contribution in [3.63, 3.8) is 0 Å². The molecule has 2 rings (SSSR count). The predicted octanol–water partition coefficient (Wildman–Crippen LogP) is 3.94. The molecule has 0 aliphatic heterocycles. The number of unbranched alkanes of at least 4 members (excludes halogenated alkanes) is 2. The van der Waals surface area contributed by atoms with Crippen LogP contribution in [-0.4, -0.2) is 0 Å². The van der Waals surface area contributed by atoms with Gasteiger partial charge in [0.25, 0.3) is 0 Å². The van der Waals surface area contributed by atoms with Crippen molar-refractivity contribution >= 4 is 0 Å². The Hall–Kier alpha value is -1.77. The first-order chi connectivity index (χ1) is 8.70. The van der Waals surface area contributed by atoms with Crippen LogP contribution in [0.5, 0.6) is 0 Å². The molecule has 0 aliphatic carbocycles. The third kappa shape index (κ3) is 2.92.